The van der Waals surface area contributed by atoms with E-state index in [2.05, 4.69) is 9.98 Å². The summed E-state index contributed by atoms with van der Waals surface area (Å²) in [7, 11) is 0. The number of isocyanates is 2. The molecule has 0 radical (unpaired) electrons. The Morgan fingerprint density at radius 3 is 1.50 bits per heavy atom. The van der Waals surface area contributed by atoms with Gasteiger partial charge >= 0.3 is 0 Å². The Balaban J connectivity index is 3.59. The number of benzene rings is 1. The topological polar surface area (TPSA) is 58.9 Å². The number of aliphatic imine (C=N–C) groups is 2. The van der Waals surface area contributed by atoms with Crippen molar-refractivity contribution in [1.29, 1.82) is 0 Å². The monoisotopic (exact) mass is 244 g/mol. The molecule has 0 unspecified atom stereocenters. The lowest BCUT2D eigenvalue weighted by atomic mass is 9.93. The highest BCUT2D eigenvalue weighted by Gasteiger charge is 2.14. The Morgan fingerprint density at radius 2 is 1.22 bits per heavy atom. The average Bonchev–Trinajstić information content (AvgIpc) is 2.29. The van der Waals surface area contributed by atoms with Gasteiger partial charge in [-0.25, -0.2) is 9.59 Å². The molecule has 0 atom stereocenters. The van der Waals surface area contributed by atoms with Crippen LogP contribution in [0.25, 0.3) is 0 Å². The molecule has 1 aromatic carbocycles. The molecule has 0 spiro atoms. The summed E-state index contributed by atoms with van der Waals surface area (Å²) >= 11 is 0. The largest absolute Gasteiger partial charge is 0.240 e. The van der Waals surface area contributed by atoms with Gasteiger partial charge in [-0.2, -0.15) is 9.98 Å². The summed E-state index contributed by atoms with van der Waals surface area (Å²) in [6.07, 6.45) is 3.06. The van der Waals surface area contributed by atoms with Crippen LogP contribution in [-0.4, -0.2) is 12.2 Å². The normalized spacial score (nSPS) is 10.1. The number of carbonyl (C=O) groups excluding carboxylic acids is 2. The summed E-state index contributed by atoms with van der Waals surface area (Å²) in [6.45, 7) is 8.08. The molecule has 0 amide bonds. The van der Waals surface area contributed by atoms with Crippen molar-refractivity contribution in [2.24, 2.45) is 9.98 Å². The molecule has 0 aliphatic carbocycles. The first-order chi connectivity index (χ1) is 8.51. The van der Waals surface area contributed by atoms with Crippen LogP contribution in [0.15, 0.2) is 22.1 Å². The van der Waals surface area contributed by atoms with Crippen LogP contribution in [0.5, 0.6) is 0 Å². The first kappa shape index (κ1) is 14.0. The van der Waals surface area contributed by atoms with Gasteiger partial charge < -0.3 is 0 Å². The van der Waals surface area contributed by atoms with Gasteiger partial charge in [0.25, 0.3) is 0 Å². The molecular formula is C14H16N2O2. The van der Waals surface area contributed by atoms with Crippen molar-refractivity contribution in [2.75, 3.05) is 0 Å². The third-order valence-corrected chi connectivity index (χ3v) is 2.75. The standard InChI is InChI=1S/C14H16N2O2/c1-9(2)11-5-12(10(3)4)14(16-8-18)6-13(11)15-7-17/h5-6,9-10H,1-4H3. The second kappa shape index (κ2) is 6.06. The summed E-state index contributed by atoms with van der Waals surface area (Å²) in [5.74, 6) is 0.452. The van der Waals surface area contributed by atoms with E-state index in [0.717, 1.165) is 11.1 Å². The lowest BCUT2D eigenvalue weighted by molar-refractivity contribution is 0.564. The fourth-order valence-corrected chi connectivity index (χ4v) is 1.83. The van der Waals surface area contributed by atoms with E-state index in [1.165, 1.54) is 12.2 Å². The highest BCUT2D eigenvalue weighted by molar-refractivity contribution is 5.66. The molecule has 0 fully saturated rings. The molecule has 1 rings (SSSR count). The molecule has 0 saturated carbocycles. The predicted molar refractivity (Wildman–Crippen MR) is 70.2 cm³/mol. The Hall–Kier alpha value is -2.02. The van der Waals surface area contributed by atoms with Crippen LogP contribution in [0.3, 0.4) is 0 Å². The number of hydrogen-bond donors (Lipinski definition) is 0. The van der Waals surface area contributed by atoms with Crippen LogP contribution >= 0.6 is 0 Å². The van der Waals surface area contributed by atoms with Gasteiger partial charge in [0, 0.05) is 0 Å². The zero-order valence-electron chi connectivity index (χ0n) is 11.0. The lowest BCUT2D eigenvalue weighted by Crippen LogP contribution is -1.95. The van der Waals surface area contributed by atoms with Gasteiger partial charge in [-0.15, -0.1) is 0 Å². The first-order valence-electron chi connectivity index (χ1n) is 5.84. The Morgan fingerprint density at radius 1 is 0.833 bits per heavy atom. The van der Waals surface area contributed by atoms with Crippen LogP contribution in [0.1, 0.15) is 50.7 Å². The fourth-order valence-electron chi connectivity index (χ4n) is 1.83. The molecule has 0 aromatic heterocycles. The van der Waals surface area contributed by atoms with E-state index >= 15 is 0 Å². The number of nitrogens with zero attached hydrogens (tertiary/aromatic N) is 2. The highest BCUT2D eigenvalue weighted by Crippen LogP contribution is 2.36. The summed E-state index contributed by atoms with van der Waals surface area (Å²) in [5.41, 5.74) is 2.93. The Labute approximate surface area is 106 Å². The van der Waals surface area contributed by atoms with Crippen LogP contribution in [0, 0.1) is 0 Å². The Kier molecular flexibility index (Phi) is 4.73. The average molecular weight is 244 g/mol. The molecule has 4 nitrogen and oxygen atoms in total. The lowest BCUT2D eigenvalue weighted by Gasteiger charge is -2.15. The minimum absolute atomic E-state index is 0.226. The SMILES string of the molecule is CC(C)c1cc(C(C)C)c(N=C=O)cc1N=C=O. The van der Waals surface area contributed by atoms with Crippen molar-refractivity contribution in [1.82, 2.24) is 0 Å². The molecule has 18 heavy (non-hydrogen) atoms. The molecule has 94 valence electrons. The second-order valence-corrected chi connectivity index (χ2v) is 4.69. The number of rotatable bonds is 4. The summed E-state index contributed by atoms with van der Waals surface area (Å²) in [5, 5.41) is 0. The van der Waals surface area contributed by atoms with Crippen LogP contribution in [0.4, 0.5) is 11.4 Å². The maximum Gasteiger partial charge on any atom is 0.240 e. The van der Waals surface area contributed by atoms with Gasteiger partial charge in [0.2, 0.25) is 12.2 Å². The maximum atomic E-state index is 10.4. The van der Waals surface area contributed by atoms with Gasteiger partial charge in [-0.05, 0) is 29.0 Å². The van der Waals surface area contributed by atoms with Crippen LogP contribution in [-0.2, 0) is 9.59 Å². The maximum absolute atomic E-state index is 10.4. The summed E-state index contributed by atoms with van der Waals surface area (Å²) in [4.78, 5) is 28.2. The molecule has 0 aliphatic heterocycles. The first-order valence-corrected chi connectivity index (χ1v) is 5.84. The summed E-state index contributed by atoms with van der Waals surface area (Å²) in [6, 6.07) is 3.59. The van der Waals surface area contributed by atoms with Gasteiger partial charge in [-0.1, -0.05) is 33.8 Å². The van der Waals surface area contributed by atoms with Gasteiger partial charge in [0.05, 0.1) is 11.4 Å². The third kappa shape index (κ3) is 3.01. The van der Waals surface area contributed by atoms with E-state index in [-0.39, 0.29) is 11.8 Å². The fraction of sp³-hybridized carbons (Fsp3) is 0.429. The molecule has 1 aromatic rings. The molecule has 0 heterocycles. The smallest absolute Gasteiger partial charge is 0.211 e. The molecule has 0 N–H and O–H groups in total. The second-order valence-electron chi connectivity index (χ2n) is 4.69. The zero-order chi connectivity index (χ0) is 13.7. The quantitative estimate of drug-likeness (QED) is 0.596. The van der Waals surface area contributed by atoms with E-state index in [1.54, 1.807) is 6.07 Å². The van der Waals surface area contributed by atoms with Crippen molar-refractivity contribution in [3.8, 4) is 0 Å². The van der Waals surface area contributed by atoms with E-state index in [9.17, 15) is 9.59 Å². The third-order valence-electron chi connectivity index (χ3n) is 2.75. The Bertz CT molecular complexity index is 490. The van der Waals surface area contributed by atoms with Crippen molar-refractivity contribution in [2.45, 2.75) is 39.5 Å². The molecule has 0 aliphatic rings. The molecule has 4 heteroatoms. The highest BCUT2D eigenvalue weighted by atomic mass is 16.1. The van der Waals surface area contributed by atoms with E-state index in [4.69, 9.17) is 0 Å². The summed E-state index contributed by atoms with van der Waals surface area (Å²) < 4.78 is 0. The van der Waals surface area contributed by atoms with Gasteiger partial charge in [-0.3, -0.25) is 0 Å². The zero-order valence-corrected chi connectivity index (χ0v) is 11.0. The van der Waals surface area contributed by atoms with Crippen molar-refractivity contribution >= 4 is 23.5 Å². The van der Waals surface area contributed by atoms with Crippen LogP contribution in [0.2, 0.25) is 0 Å². The molecular weight excluding hydrogens is 228 g/mol. The number of hydrogen-bond acceptors (Lipinski definition) is 4. The van der Waals surface area contributed by atoms with E-state index in [1.807, 2.05) is 33.8 Å². The van der Waals surface area contributed by atoms with E-state index in [0.29, 0.717) is 11.4 Å². The molecule has 0 bridgehead atoms. The van der Waals surface area contributed by atoms with Gasteiger partial charge in [0.1, 0.15) is 0 Å². The van der Waals surface area contributed by atoms with Crippen molar-refractivity contribution < 1.29 is 9.59 Å². The predicted octanol–water partition coefficient (Wildman–Crippen LogP) is 3.87. The minimum Gasteiger partial charge on any atom is -0.211 e. The van der Waals surface area contributed by atoms with Crippen molar-refractivity contribution in [3.63, 3.8) is 0 Å². The molecule has 0 saturated heterocycles. The van der Waals surface area contributed by atoms with Crippen LogP contribution < -0.4 is 0 Å². The van der Waals surface area contributed by atoms with Gasteiger partial charge in [0.15, 0.2) is 0 Å². The minimum atomic E-state index is 0.226. The van der Waals surface area contributed by atoms with E-state index < -0.39 is 0 Å². The van der Waals surface area contributed by atoms with Crippen molar-refractivity contribution in [3.05, 3.63) is 23.3 Å².